The molecule has 1 saturated carbocycles. The first-order chi connectivity index (χ1) is 6.37. The van der Waals surface area contributed by atoms with E-state index in [9.17, 15) is 4.79 Å². The molecule has 4 heteroatoms. The summed E-state index contributed by atoms with van der Waals surface area (Å²) in [4.78, 5) is 11.5. The molecule has 0 heterocycles. The van der Waals surface area contributed by atoms with Crippen molar-refractivity contribution in [1.82, 2.24) is 5.32 Å². The predicted molar refractivity (Wildman–Crippen MR) is 58.5 cm³/mol. The summed E-state index contributed by atoms with van der Waals surface area (Å²) in [6.07, 6.45) is 2.23. The van der Waals surface area contributed by atoms with Gasteiger partial charge < -0.3 is 5.32 Å². The van der Waals surface area contributed by atoms with Crippen molar-refractivity contribution in [3.05, 3.63) is 0 Å². The van der Waals surface area contributed by atoms with Crippen LogP contribution in [-0.4, -0.2) is 19.5 Å². The highest BCUT2D eigenvalue weighted by atomic mass is 28.3. The fraction of sp³-hybridized carbons (Fsp3) is 0.800. The maximum atomic E-state index is 11.5. The summed E-state index contributed by atoms with van der Waals surface area (Å²) in [6.45, 7) is 6.74. The third-order valence-corrected chi connectivity index (χ3v) is 4.19. The van der Waals surface area contributed by atoms with E-state index in [2.05, 4.69) is 31.0 Å². The number of carbonyl (C=O) groups is 1. The van der Waals surface area contributed by atoms with Gasteiger partial charge in [-0.2, -0.15) is 5.26 Å². The number of carbonyl (C=O) groups excluding carboxylic acids is 1. The van der Waals surface area contributed by atoms with E-state index in [4.69, 9.17) is 5.26 Å². The fourth-order valence-electron chi connectivity index (χ4n) is 1.21. The summed E-state index contributed by atoms with van der Waals surface area (Å²) in [5, 5.41) is 11.6. The zero-order chi connectivity index (χ0) is 10.8. The zero-order valence-electron chi connectivity index (χ0n) is 9.18. The van der Waals surface area contributed by atoms with Crippen LogP contribution in [0.2, 0.25) is 25.7 Å². The molecule has 1 rings (SSSR count). The van der Waals surface area contributed by atoms with Crippen LogP contribution in [0.3, 0.4) is 0 Å². The second kappa shape index (κ2) is 3.74. The quantitative estimate of drug-likeness (QED) is 0.720. The molecule has 14 heavy (non-hydrogen) atoms. The Hall–Kier alpha value is -0.823. The molecular formula is C10H18N2OSi. The van der Waals surface area contributed by atoms with Crippen LogP contribution >= 0.6 is 0 Å². The van der Waals surface area contributed by atoms with Crippen LogP contribution in [0.15, 0.2) is 0 Å². The number of rotatable bonds is 4. The highest BCUT2D eigenvalue weighted by Crippen LogP contribution is 2.34. The number of hydrogen-bond donors (Lipinski definition) is 1. The van der Waals surface area contributed by atoms with Crippen LogP contribution < -0.4 is 5.32 Å². The molecule has 0 saturated heterocycles. The van der Waals surface area contributed by atoms with Gasteiger partial charge in [0, 0.05) is 14.5 Å². The zero-order valence-corrected chi connectivity index (χ0v) is 10.2. The summed E-state index contributed by atoms with van der Waals surface area (Å²) >= 11 is 0. The first-order valence-electron chi connectivity index (χ1n) is 5.09. The average molecular weight is 210 g/mol. The summed E-state index contributed by atoms with van der Waals surface area (Å²) in [7, 11) is -1.13. The molecule has 0 aromatic rings. The highest BCUT2D eigenvalue weighted by Gasteiger charge is 2.44. The fourth-order valence-corrected chi connectivity index (χ4v) is 2.18. The van der Waals surface area contributed by atoms with Crippen LogP contribution in [-0.2, 0) is 4.79 Å². The van der Waals surface area contributed by atoms with Crippen molar-refractivity contribution in [2.24, 2.45) is 0 Å². The number of nitrogens with zero attached hydrogens (tertiary/aromatic N) is 1. The van der Waals surface area contributed by atoms with E-state index in [-0.39, 0.29) is 5.91 Å². The molecule has 0 aliphatic heterocycles. The Morgan fingerprint density at radius 3 is 2.43 bits per heavy atom. The molecule has 1 aliphatic carbocycles. The van der Waals surface area contributed by atoms with E-state index in [0.29, 0.717) is 6.42 Å². The Kier molecular flexibility index (Phi) is 3.00. The van der Waals surface area contributed by atoms with Gasteiger partial charge in [-0.15, -0.1) is 0 Å². The first kappa shape index (κ1) is 11.3. The molecule has 1 amide bonds. The molecule has 78 valence electrons. The lowest BCUT2D eigenvalue weighted by Crippen LogP contribution is -2.36. The lowest BCUT2D eigenvalue weighted by Gasteiger charge is -2.16. The Bertz CT molecular complexity index is 271. The van der Waals surface area contributed by atoms with Crippen molar-refractivity contribution < 1.29 is 4.79 Å². The molecule has 1 N–H and O–H groups in total. The normalized spacial score (nSPS) is 18.4. The molecular weight excluding hydrogens is 192 g/mol. The van der Waals surface area contributed by atoms with Gasteiger partial charge >= 0.3 is 0 Å². The lowest BCUT2D eigenvalue weighted by molar-refractivity contribution is -0.121. The second-order valence-corrected chi connectivity index (χ2v) is 10.9. The smallest absolute Gasteiger partial charge is 0.220 e. The van der Waals surface area contributed by atoms with Gasteiger partial charge in [-0.3, -0.25) is 4.79 Å². The summed E-state index contributed by atoms with van der Waals surface area (Å²) in [5.41, 5.74) is -0.490. The van der Waals surface area contributed by atoms with Crippen molar-refractivity contribution in [2.45, 2.75) is 50.5 Å². The average Bonchev–Trinajstić information content (AvgIpc) is 2.81. The number of hydrogen-bond acceptors (Lipinski definition) is 2. The lowest BCUT2D eigenvalue weighted by atomic mass is 10.3. The highest BCUT2D eigenvalue weighted by molar-refractivity contribution is 6.76. The monoisotopic (exact) mass is 210 g/mol. The molecule has 0 aromatic heterocycles. The van der Waals surface area contributed by atoms with Gasteiger partial charge in [-0.25, -0.2) is 0 Å². The Morgan fingerprint density at radius 1 is 1.50 bits per heavy atom. The molecule has 0 spiro atoms. The van der Waals surface area contributed by atoms with Gasteiger partial charge in [0.25, 0.3) is 0 Å². The van der Waals surface area contributed by atoms with Gasteiger partial charge in [0.2, 0.25) is 5.91 Å². The molecule has 0 atom stereocenters. The summed E-state index contributed by atoms with van der Waals surface area (Å²) in [5.74, 6) is 0.0477. The molecule has 1 aliphatic rings. The maximum absolute atomic E-state index is 11.5. The van der Waals surface area contributed by atoms with Crippen LogP contribution in [0, 0.1) is 11.3 Å². The van der Waals surface area contributed by atoms with E-state index in [1.165, 1.54) is 0 Å². The molecule has 0 radical (unpaired) electrons. The standard InChI is InChI=1S/C10H18N2OSi/c1-14(2,3)7-4-9(13)12-10(8-11)5-6-10/h4-7H2,1-3H3,(H,12,13). The number of amides is 1. The molecule has 0 aromatic carbocycles. The second-order valence-electron chi connectivity index (χ2n) is 5.30. The maximum Gasteiger partial charge on any atom is 0.220 e. The van der Waals surface area contributed by atoms with Crippen LogP contribution in [0.5, 0.6) is 0 Å². The van der Waals surface area contributed by atoms with Crippen molar-refractivity contribution in [3.63, 3.8) is 0 Å². The van der Waals surface area contributed by atoms with E-state index >= 15 is 0 Å². The molecule has 3 nitrogen and oxygen atoms in total. The van der Waals surface area contributed by atoms with Gasteiger partial charge in [0.15, 0.2) is 0 Å². The van der Waals surface area contributed by atoms with Crippen molar-refractivity contribution in [3.8, 4) is 6.07 Å². The Morgan fingerprint density at radius 2 is 2.07 bits per heavy atom. The van der Waals surface area contributed by atoms with Crippen LogP contribution in [0.4, 0.5) is 0 Å². The number of nitriles is 1. The van der Waals surface area contributed by atoms with E-state index in [0.717, 1.165) is 18.9 Å². The third-order valence-electron chi connectivity index (χ3n) is 2.44. The van der Waals surface area contributed by atoms with Gasteiger partial charge in [0.05, 0.1) is 6.07 Å². The minimum absolute atomic E-state index is 0.0477. The first-order valence-corrected chi connectivity index (χ1v) is 8.80. The minimum atomic E-state index is -1.13. The minimum Gasteiger partial charge on any atom is -0.338 e. The van der Waals surface area contributed by atoms with Crippen molar-refractivity contribution >= 4 is 14.0 Å². The van der Waals surface area contributed by atoms with Gasteiger partial charge in [0.1, 0.15) is 5.54 Å². The molecule has 0 unspecified atom stereocenters. The van der Waals surface area contributed by atoms with Crippen molar-refractivity contribution in [2.75, 3.05) is 0 Å². The van der Waals surface area contributed by atoms with Crippen molar-refractivity contribution in [1.29, 1.82) is 5.26 Å². The van der Waals surface area contributed by atoms with Crippen LogP contribution in [0.25, 0.3) is 0 Å². The predicted octanol–water partition coefficient (Wildman–Crippen LogP) is 1.89. The van der Waals surface area contributed by atoms with Gasteiger partial charge in [-0.05, 0) is 18.9 Å². The van der Waals surface area contributed by atoms with Gasteiger partial charge in [-0.1, -0.05) is 19.6 Å². The third kappa shape index (κ3) is 3.50. The van der Waals surface area contributed by atoms with Crippen LogP contribution in [0.1, 0.15) is 19.3 Å². The summed E-state index contributed by atoms with van der Waals surface area (Å²) < 4.78 is 0. The topological polar surface area (TPSA) is 52.9 Å². The van der Waals surface area contributed by atoms with E-state index in [1.54, 1.807) is 0 Å². The number of nitrogens with one attached hydrogen (secondary N) is 1. The molecule has 0 bridgehead atoms. The molecule has 1 fully saturated rings. The Labute approximate surface area is 86.5 Å². The largest absolute Gasteiger partial charge is 0.338 e. The van der Waals surface area contributed by atoms with E-state index in [1.807, 2.05) is 0 Å². The summed E-state index contributed by atoms with van der Waals surface area (Å²) in [6, 6.07) is 3.16. The Balaban J connectivity index is 2.28. The van der Waals surface area contributed by atoms with E-state index < -0.39 is 13.6 Å². The SMILES string of the molecule is C[Si](C)(C)CCC(=O)NC1(C#N)CC1.